The van der Waals surface area contributed by atoms with E-state index in [4.69, 9.17) is 9.84 Å². The van der Waals surface area contributed by atoms with Crippen LogP contribution in [0.5, 0.6) is 0 Å². The summed E-state index contributed by atoms with van der Waals surface area (Å²) in [4.78, 5) is 28.0. The molecular weight excluding hydrogens is 286 g/mol. The molecule has 3 atom stereocenters. The Bertz CT molecular complexity index is 568. The fourth-order valence-corrected chi connectivity index (χ4v) is 3.19. The number of aromatic amines is 1. The molecule has 7 heteroatoms. The number of H-pyrrole nitrogens is 1. The second-order valence-electron chi connectivity index (χ2n) is 5.92. The van der Waals surface area contributed by atoms with Gasteiger partial charge in [-0.2, -0.15) is 0 Å². The lowest BCUT2D eigenvalue weighted by Crippen LogP contribution is -2.46. The SMILES string of the molecule is O=C(N[C@@H]1C[C@H]2CO[C@@H](CCO)CN2C1)c1ccc(=O)[nH]c1. The highest BCUT2D eigenvalue weighted by Gasteiger charge is 2.37. The summed E-state index contributed by atoms with van der Waals surface area (Å²) in [6.07, 6.45) is 3.02. The molecule has 2 saturated heterocycles. The number of aromatic nitrogens is 1. The van der Waals surface area contributed by atoms with Gasteiger partial charge in [0.25, 0.3) is 5.91 Å². The Morgan fingerprint density at radius 2 is 2.32 bits per heavy atom. The maximum atomic E-state index is 12.2. The predicted octanol–water partition coefficient (Wildman–Crippen LogP) is -0.671. The topological polar surface area (TPSA) is 94.7 Å². The molecule has 0 bridgehead atoms. The van der Waals surface area contributed by atoms with Crippen molar-refractivity contribution in [1.82, 2.24) is 15.2 Å². The fourth-order valence-electron chi connectivity index (χ4n) is 3.19. The van der Waals surface area contributed by atoms with E-state index in [2.05, 4.69) is 15.2 Å². The van der Waals surface area contributed by atoms with Gasteiger partial charge in [-0.15, -0.1) is 0 Å². The lowest BCUT2D eigenvalue weighted by Gasteiger charge is -2.34. The van der Waals surface area contributed by atoms with Crippen molar-refractivity contribution >= 4 is 5.91 Å². The van der Waals surface area contributed by atoms with E-state index in [9.17, 15) is 9.59 Å². The molecule has 0 unspecified atom stereocenters. The monoisotopic (exact) mass is 307 g/mol. The quantitative estimate of drug-likeness (QED) is 0.686. The van der Waals surface area contributed by atoms with Gasteiger partial charge in [0.2, 0.25) is 5.56 Å². The van der Waals surface area contributed by atoms with Crippen LogP contribution in [0, 0.1) is 0 Å². The molecule has 0 saturated carbocycles. The molecule has 0 spiro atoms. The molecule has 1 amide bonds. The highest BCUT2D eigenvalue weighted by Crippen LogP contribution is 2.24. The number of morpholine rings is 1. The summed E-state index contributed by atoms with van der Waals surface area (Å²) in [5.74, 6) is -0.172. The van der Waals surface area contributed by atoms with E-state index in [1.165, 1.54) is 18.3 Å². The maximum Gasteiger partial charge on any atom is 0.253 e. The molecular formula is C15H21N3O4. The van der Waals surface area contributed by atoms with Gasteiger partial charge in [0.15, 0.2) is 0 Å². The Morgan fingerprint density at radius 3 is 3.05 bits per heavy atom. The first-order valence-electron chi connectivity index (χ1n) is 7.62. The molecule has 3 rings (SSSR count). The number of carbonyl (C=O) groups is 1. The van der Waals surface area contributed by atoms with Gasteiger partial charge in [-0.1, -0.05) is 0 Å². The second-order valence-corrected chi connectivity index (χ2v) is 5.92. The first kappa shape index (κ1) is 15.2. The van der Waals surface area contributed by atoms with Gasteiger partial charge >= 0.3 is 0 Å². The second kappa shape index (κ2) is 6.60. The first-order chi connectivity index (χ1) is 10.7. The van der Waals surface area contributed by atoms with Crippen LogP contribution in [-0.4, -0.2) is 65.4 Å². The van der Waals surface area contributed by atoms with Gasteiger partial charge in [0.05, 0.1) is 18.3 Å². The minimum atomic E-state index is -0.221. The van der Waals surface area contributed by atoms with Gasteiger partial charge < -0.3 is 20.1 Å². The van der Waals surface area contributed by atoms with E-state index < -0.39 is 0 Å². The fraction of sp³-hybridized carbons (Fsp3) is 0.600. The number of ether oxygens (including phenoxy) is 1. The number of fused-ring (bicyclic) bond motifs is 1. The zero-order valence-corrected chi connectivity index (χ0v) is 12.3. The highest BCUT2D eigenvalue weighted by atomic mass is 16.5. The van der Waals surface area contributed by atoms with Gasteiger partial charge in [-0.05, 0) is 18.9 Å². The largest absolute Gasteiger partial charge is 0.396 e. The number of hydrogen-bond acceptors (Lipinski definition) is 5. The van der Waals surface area contributed by atoms with Gasteiger partial charge in [0.1, 0.15) is 0 Å². The number of pyridine rings is 1. The van der Waals surface area contributed by atoms with Crippen LogP contribution in [0.4, 0.5) is 0 Å². The number of carbonyl (C=O) groups excluding carboxylic acids is 1. The van der Waals surface area contributed by atoms with Crippen LogP contribution in [-0.2, 0) is 4.74 Å². The van der Waals surface area contributed by atoms with Crippen molar-refractivity contribution in [2.24, 2.45) is 0 Å². The molecule has 120 valence electrons. The van der Waals surface area contributed by atoms with Gasteiger partial charge in [-0.3, -0.25) is 14.5 Å². The van der Waals surface area contributed by atoms with E-state index in [0.717, 1.165) is 19.5 Å². The molecule has 1 aromatic heterocycles. The molecule has 22 heavy (non-hydrogen) atoms. The molecule has 3 heterocycles. The third-order valence-electron chi connectivity index (χ3n) is 4.32. The van der Waals surface area contributed by atoms with Crippen LogP contribution >= 0.6 is 0 Å². The zero-order chi connectivity index (χ0) is 15.5. The van der Waals surface area contributed by atoms with Crippen LogP contribution in [0.1, 0.15) is 23.2 Å². The van der Waals surface area contributed by atoms with Crippen LogP contribution < -0.4 is 10.9 Å². The summed E-state index contributed by atoms with van der Waals surface area (Å²) >= 11 is 0. The van der Waals surface area contributed by atoms with E-state index in [0.29, 0.717) is 24.6 Å². The van der Waals surface area contributed by atoms with Crippen molar-refractivity contribution in [3.05, 3.63) is 34.2 Å². The van der Waals surface area contributed by atoms with E-state index in [-0.39, 0.29) is 30.2 Å². The van der Waals surface area contributed by atoms with Crippen LogP contribution in [0.25, 0.3) is 0 Å². The molecule has 2 aliphatic rings. The van der Waals surface area contributed by atoms with Crippen LogP contribution in [0.2, 0.25) is 0 Å². The van der Waals surface area contributed by atoms with Crippen molar-refractivity contribution in [1.29, 1.82) is 0 Å². The predicted molar refractivity (Wildman–Crippen MR) is 79.7 cm³/mol. The number of nitrogens with one attached hydrogen (secondary N) is 2. The van der Waals surface area contributed by atoms with Gasteiger partial charge in [0, 0.05) is 44.0 Å². The Balaban J connectivity index is 1.55. The molecule has 0 aliphatic carbocycles. The first-order valence-corrected chi connectivity index (χ1v) is 7.62. The Labute approximate surface area is 128 Å². The minimum absolute atomic E-state index is 0.0786. The van der Waals surface area contributed by atoms with E-state index in [1.54, 1.807) is 0 Å². The number of hydrogen-bond donors (Lipinski definition) is 3. The van der Waals surface area contributed by atoms with Crippen molar-refractivity contribution in [3.63, 3.8) is 0 Å². The standard InChI is InChI=1S/C15H21N3O4/c19-4-3-13-8-18-7-11(5-12(18)9-22-13)17-15(21)10-1-2-14(20)16-6-10/h1-2,6,11-13,19H,3-5,7-9H2,(H,16,20)(H,17,21)/t11-,12+,13+/m1/s1. The summed E-state index contributed by atoms with van der Waals surface area (Å²) in [5.41, 5.74) is 0.237. The highest BCUT2D eigenvalue weighted by molar-refractivity contribution is 5.94. The maximum absolute atomic E-state index is 12.2. The van der Waals surface area contributed by atoms with Crippen LogP contribution in [0.3, 0.4) is 0 Å². The normalized spacial score (nSPS) is 28.3. The third-order valence-corrected chi connectivity index (χ3v) is 4.32. The summed E-state index contributed by atoms with van der Waals surface area (Å²) in [7, 11) is 0. The minimum Gasteiger partial charge on any atom is -0.396 e. The molecule has 2 aliphatic heterocycles. The molecule has 1 aromatic rings. The van der Waals surface area contributed by atoms with Crippen LogP contribution in [0.15, 0.2) is 23.1 Å². The number of amides is 1. The molecule has 0 radical (unpaired) electrons. The number of aliphatic hydroxyl groups excluding tert-OH is 1. The molecule has 0 aromatic carbocycles. The summed E-state index contributed by atoms with van der Waals surface area (Å²) in [6, 6.07) is 3.29. The summed E-state index contributed by atoms with van der Waals surface area (Å²) in [6.45, 7) is 2.38. The van der Waals surface area contributed by atoms with Crippen molar-refractivity contribution in [2.45, 2.75) is 31.0 Å². The van der Waals surface area contributed by atoms with Crippen molar-refractivity contribution < 1.29 is 14.6 Å². The van der Waals surface area contributed by atoms with E-state index >= 15 is 0 Å². The van der Waals surface area contributed by atoms with Crippen molar-refractivity contribution in [3.8, 4) is 0 Å². The molecule has 3 N–H and O–H groups in total. The Morgan fingerprint density at radius 1 is 1.45 bits per heavy atom. The Hall–Kier alpha value is -1.70. The summed E-state index contributed by atoms with van der Waals surface area (Å²) < 4.78 is 5.73. The lowest BCUT2D eigenvalue weighted by molar-refractivity contribution is -0.0566. The third kappa shape index (κ3) is 3.37. The average Bonchev–Trinajstić information content (AvgIpc) is 2.89. The van der Waals surface area contributed by atoms with Crippen molar-refractivity contribution in [2.75, 3.05) is 26.3 Å². The van der Waals surface area contributed by atoms with E-state index in [1.807, 2.05) is 0 Å². The number of rotatable bonds is 4. The Kier molecular flexibility index (Phi) is 4.56. The average molecular weight is 307 g/mol. The summed E-state index contributed by atoms with van der Waals surface area (Å²) in [5, 5.41) is 12.0. The number of aliphatic hydroxyl groups is 1. The molecule has 2 fully saturated rings. The van der Waals surface area contributed by atoms with Gasteiger partial charge in [-0.25, -0.2) is 0 Å². The molecule has 7 nitrogen and oxygen atoms in total. The zero-order valence-electron chi connectivity index (χ0n) is 12.3. The number of nitrogens with zero attached hydrogens (tertiary/aromatic N) is 1. The lowest BCUT2D eigenvalue weighted by atomic mass is 10.1. The smallest absolute Gasteiger partial charge is 0.253 e.